The Labute approximate surface area is 100 Å². The molecular weight excluding hydrogens is 304 g/mol. The fraction of sp³-hybridized carbons (Fsp3) is 0.333. The van der Waals surface area contributed by atoms with Crippen LogP contribution < -0.4 is 4.72 Å². The molecule has 0 aliphatic heterocycles. The van der Waals surface area contributed by atoms with Crippen LogP contribution in [0.2, 0.25) is 0 Å². The quantitative estimate of drug-likeness (QED) is 0.872. The van der Waals surface area contributed by atoms with Crippen molar-refractivity contribution in [2.45, 2.75) is 18.1 Å². The fourth-order valence-corrected chi connectivity index (χ4v) is 2.95. The monoisotopic (exact) mass is 311 g/mol. The van der Waals surface area contributed by atoms with Gasteiger partial charge < -0.3 is 0 Å². The molecule has 16 heavy (non-hydrogen) atoms. The molecule has 88 valence electrons. The number of halogens is 3. The van der Waals surface area contributed by atoms with Gasteiger partial charge in [-0.05, 0) is 34.8 Å². The van der Waals surface area contributed by atoms with Crippen LogP contribution in [0.15, 0.2) is 16.6 Å². The van der Waals surface area contributed by atoms with Crippen molar-refractivity contribution in [1.29, 1.82) is 0 Å². The Kier molecular flexibility index (Phi) is 2.91. The van der Waals surface area contributed by atoms with Gasteiger partial charge in [0.15, 0.2) is 0 Å². The van der Waals surface area contributed by atoms with E-state index in [1.54, 1.807) is 0 Å². The summed E-state index contributed by atoms with van der Waals surface area (Å²) in [6, 6.07) is 1.71. The number of nitrogens with one attached hydrogen (secondary N) is 1. The fourth-order valence-electron chi connectivity index (χ4n) is 1.22. The maximum Gasteiger partial charge on any atom is 0.235 e. The van der Waals surface area contributed by atoms with E-state index < -0.39 is 26.9 Å². The first kappa shape index (κ1) is 11.8. The van der Waals surface area contributed by atoms with Crippen molar-refractivity contribution < 1.29 is 17.2 Å². The zero-order chi connectivity index (χ0) is 11.9. The van der Waals surface area contributed by atoms with Crippen LogP contribution in [0.5, 0.6) is 0 Å². The third-order valence-corrected chi connectivity index (χ3v) is 4.69. The van der Waals surface area contributed by atoms with Crippen LogP contribution in [0.4, 0.5) is 14.5 Å². The summed E-state index contributed by atoms with van der Waals surface area (Å²) in [4.78, 5) is 0. The van der Waals surface area contributed by atoms with Gasteiger partial charge >= 0.3 is 0 Å². The first-order chi connectivity index (χ1) is 7.40. The molecule has 3 nitrogen and oxygen atoms in total. The van der Waals surface area contributed by atoms with Crippen molar-refractivity contribution in [3.8, 4) is 0 Å². The van der Waals surface area contributed by atoms with E-state index in [0.29, 0.717) is 18.9 Å². The number of hydrogen-bond donors (Lipinski definition) is 1. The second kappa shape index (κ2) is 3.96. The summed E-state index contributed by atoms with van der Waals surface area (Å²) in [6.07, 6.45) is 1.17. The van der Waals surface area contributed by atoms with Crippen LogP contribution in [0.1, 0.15) is 12.8 Å². The highest BCUT2D eigenvalue weighted by molar-refractivity contribution is 9.10. The van der Waals surface area contributed by atoms with Crippen LogP contribution in [-0.2, 0) is 10.0 Å². The number of rotatable bonds is 3. The summed E-state index contributed by atoms with van der Waals surface area (Å²) in [7, 11) is -3.53. The highest BCUT2D eigenvalue weighted by Gasteiger charge is 2.36. The van der Waals surface area contributed by atoms with Crippen molar-refractivity contribution in [2.75, 3.05) is 4.72 Å². The lowest BCUT2D eigenvalue weighted by Gasteiger charge is -2.08. The molecule has 7 heteroatoms. The summed E-state index contributed by atoms with van der Waals surface area (Å²) in [5.41, 5.74) is -0.236. The Bertz CT molecular complexity index is 529. The van der Waals surface area contributed by atoms with Gasteiger partial charge in [0.25, 0.3) is 0 Å². The van der Waals surface area contributed by atoms with E-state index in [1.807, 2.05) is 0 Å². The van der Waals surface area contributed by atoms with Gasteiger partial charge in [-0.2, -0.15) is 0 Å². The molecule has 1 aliphatic carbocycles. The highest BCUT2D eigenvalue weighted by Crippen LogP contribution is 2.31. The lowest BCUT2D eigenvalue weighted by molar-refractivity contribution is 0.579. The summed E-state index contributed by atoms with van der Waals surface area (Å²) in [6.45, 7) is 0. The van der Waals surface area contributed by atoms with Crippen molar-refractivity contribution >= 4 is 31.6 Å². The Morgan fingerprint density at radius 3 is 2.44 bits per heavy atom. The number of anilines is 1. The van der Waals surface area contributed by atoms with E-state index in [9.17, 15) is 17.2 Å². The highest BCUT2D eigenvalue weighted by atomic mass is 79.9. The maximum atomic E-state index is 13.3. The molecule has 0 amide bonds. The normalized spacial score (nSPS) is 16.2. The van der Waals surface area contributed by atoms with Crippen LogP contribution in [-0.4, -0.2) is 13.7 Å². The largest absolute Gasteiger partial charge is 0.280 e. The first-order valence-electron chi connectivity index (χ1n) is 4.56. The van der Waals surface area contributed by atoms with Gasteiger partial charge in [-0.1, -0.05) is 0 Å². The molecule has 2 rings (SSSR count). The third-order valence-electron chi connectivity index (χ3n) is 2.23. The van der Waals surface area contributed by atoms with Crippen molar-refractivity contribution in [3.63, 3.8) is 0 Å². The van der Waals surface area contributed by atoms with Gasteiger partial charge in [-0.25, -0.2) is 17.2 Å². The SMILES string of the molecule is O=S(=O)(Nc1cc(Br)c(F)cc1F)C1CC1. The molecule has 0 radical (unpaired) electrons. The summed E-state index contributed by atoms with van der Waals surface area (Å²) in [5, 5.41) is -0.448. The average Bonchev–Trinajstić information content (AvgIpc) is 2.96. The molecule has 0 atom stereocenters. The molecule has 0 aromatic heterocycles. The number of hydrogen-bond acceptors (Lipinski definition) is 2. The molecule has 1 aliphatic rings. The van der Waals surface area contributed by atoms with E-state index in [2.05, 4.69) is 20.7 Å². The molecule has 1 aromatic rings. The van der Waals surface area contributed by atoms with Gasteiger partial charge in [-0.15, -0.1) is 0 Å². The van der Waals surface area contributed by atoms with Crippen LogP contribution in [0.3, 0.4) is 0 Å². The van der Waals surface area contributed by atoms with E-state index in [1.165, 1.54) is 0 Å². The second-order valence-electron chi connectivity index (χ2n) is 3.59. The lowest BCUT2D eigenvalue weighted by Crippen LogP contribution is -2.18. The zero-order valence-electron chi connectivity index (χ0n) is 8.00. The molecule has 0 spiro atoms. The summed E-state index contributed by atoms with van der Waals surface area (Å²) < 4.78 is 51.3. The average molecular weight is 312 g/mol. The Morgan fingerprint density at radius 2 is 1.88 bits per heavy atom. The van der Waals surface area contributed by atoms with Gasteiger partial charge in [0.1, 0.15) is 11.6 Å². The van der Waals surface area contributed by atoms with Crippen molar-refractivity contribution in [1.82, 2.24) is 0 Å². The van der Waals surface area contributed by atoms with Gasteiger partial charge in [-0.3, -0.25) is 4.72 Å². The second-order valence-corrected chi connectivity index (χ2v) is 6.41. The van der Waals surface area contributed by atoms with Crippen LogP contribution in [0.25, 0.3) is 0 Å². The molecule has 1 aromatic carbocycles. The molecule has 0 bridgehead atoms. The minimum Gasteiger partial charge on any atom is -0.280 e. The third kappa shape index (κ3) is 2.35. The molecule has 0 heterocycles. The molecule has 1 N–H and O–H groups in total. The maximum absolute atomic E-state index is 13.3. The van der Waals surface area contributed by atoms with E-state index in [-0.39, 0.29) is 10.2 Å². The molecular formula is C9H8BrF2NO2S. The van der Waals surface area contributed by atoms with Crippen molar-refractivity contribution in [2.24, 2.45) is 0 Å². The van der Waals surface area contributed by atoms with E-state index in [0.717, 1.165) is 6.07 Å². The van der Waals surface area contributed by atoms with Gasteiger partial charge in [0, 0.05) is 6.07 Å². The molecule has 1 fully saturated rings. The van der Waals surface area contributed by atoms with Crippen LogP contribution in [0, 0.1) is 11.6 Å². The summed E-state index contributed by atoms with van der Waals surface area (Å²) in [5.74, 6) is -1.70. The predicted molar refractivity (Wildman–Crippen MR) is 59.6 cm³/mol. The predicted octanol–water partition coefficient (Wildman–Crippen LogP) is 2.63. The van der Waals surface area contributed by atoms with Gasteiger partial charge in [0.2, 0.25) is 10.0 Å². The summed E-state index contributed by atoms with van der Waals surface area (Å²) >= 11 is 2.86. The van der Waals surface area contributed by atoms with Gasteiger partial charge in [0.05, 0.1) is 15.4 Å². The zero-order valence-corrected chi connectivity index (χ0v) is 10.4. The number of benzene rings is 1. The topological polar surface area (TPSA) is 46.2 Å². The van der Waals surface area contributed by atoms with Crippen molar-refractivity contribution in [3.05, 3.63) is 28.2 Å². The molecule has 1 saturated carbocycles. The van der Waals surface area contributed by atoms with Crippen LogP contribution >= 0.6 is 15.9 Å². The Hall–Kier alpha value is -0.690. The standard InChI is InChI=1S/C9H8BrF2NO2S/c10-6-3-9(8(12)4-7(6)11)13-16(14,15)5-1-2-5/h3-5,13H,1-2H2. The smallest absolute Gasteiger partial charge is 0.235 e. The minimum atomic E-state index is -3.53. The Balaban J connectivity index is 2.31. The number of sulfonamides is 1. The molecule has 0 unspecified atom stereocenters. The minimum absolute atomic E-state index is 0.0161. The lowest BCUT2D eigenvalue weighted by atomic mass is 10.3. The van der Waals surface area contributed by atoms with E-state index in [4.69, 9.17) is 0 Å². The first-order valence-corrected chi connectivity index (χ1v) is 6.90. The Morgan fingerprint density at radius 1 is 1.25 bits per heavy atom. The molecule has 0 saturated heterocycles. The van der Waals surface area contributed by atoms with E-state index >= 15 is 0 Å².